The van der Waals surface area contributed by atoms with Crippen molar-refractivity contribution < 1.29 is 14.6 Å². The first-order valence-corrected chi connectivity index (χ1v) is 6.06. The summed E-state index contributed by atoms with van der Waals surface area (Å²) in [4.78, 5) is 13.0. The molecule has 2 heterocycles. The quantitative estimate of drug-likeness (QED) is 0.820. The maximum absolute atomic E-state index is 10.7. The largest absolute Gasteiger partial charge is 0.476 e. The van der Waals surface area contributed by atoms with E-state index < -0.39 is 5.97 Å². The molecule has 1 N–H and O–H groups in total. The molecule has 0 aliphatic carbocycles. The van der Waals surface area contributed by atoms with Crippen LogP contribution in [0, 0.1) is 0 Å². The highest BCUT2D eigenvalue weighted by Gasteiger charge is 2.21. The molecule has 18 heavy (non-hydrogen) atoms. The molecule has 0 radical (unpaired) electrons. The van der Waals surface area contributed by atoms with E-state index >= 15 is 0 Å². The van der Waals surface area contributed by atoms with E-state index in [0.29, 0.717) is 6.54 Å². The van der Waals surface area contributed by atoms with Crippen LogP contribution in [0.5, 0.6) is 0 Å². The predicted molar refractivity (Wildman–Crippen MR) is 63.4 cm³/mol. The van der Waals surface area contributed by atoms with Crippen LogP contribution in [0.4, 0.5) is 0 Å². The molecule has 0 unspecified atom stereocenters. The van der Waals surface area contributed by atoms with Gasteiger partial charge in [0.25, 0.3) is 0 Å². The molecular weight excluding hydrogens is 236 g/mol. The van der Waals surface area contributed by atoms with E-state index in [9.17, 15) is 4.79 Å². The zero-order chi connectivity index (χ0) is 13.1. The van der Waals surface area contributed by atoms with Crippen molar-refractivity contribution in [2.45, 2.75) is 32.6 Å². The van der Waals surface area contributed by atoms with Crippen molar-refractivity contribution in [1.29, 1.82) is 0 Å². The zero-order valence-electron chi connectivity index (χ0n) is 10.6. The summed E-state index contributed by atoms with van der Waals surface area (Å²) in [5, 5.41) is 16.1. The Balaban J connectivity index is 1.85. The third-order valence-electron chi connectivity index (χ3n) is 2.90. The van der Waals surface area contributed by atoms with Gasteiger partial charge in [0.1, 0.15) is 0 Å². The predicted octanol–water partition coefficient (Wildman–Crippen LogP) is 0.0855. The Hall–Kier alpha value is -1.47. The third-order valence-corrected chi connectivity index (χ3v) is 2.90. The fourth-order valence-electron chi connectivity index (χ4n) is 2.22. The van der Waals surface area contributed by atoms with Crippen LogP contribution in [0.3, 0.4) is 0 Å². The second-order valence-electron chi connectivity index (χ2n) is 4.69. The molecule has 1 aromatic heterocycles. The third kappa shape index (κ3) is 3.27. The highest BCUT2D eigenvalue weighted by atomic mass is 16.5. The molecule has 100 valence electrons. The van der Waals surface area contributed by atoms with Crippen molar-refractivity contribution in [3.05, 3.63) is 11.9 Å². The summed E-state index contributed by atoms with van der Waals surface area (Å²) in [6, 6.07) is 0. The van der Waals surface area contributed by atoms with Crippen molar-refractivity contribution in [1.82, 2.24) is 19.9 Å². The van der Waals surface area contributed by atoms with Gasteiger partial charge in [-0.1, -0.05) is 5.21 Å². The van der Waals surface area contributed by atoms with Gasteiger partial charge in [0.15, 0.2) is 5.69 Å². The number of hydrogen-bond acceptors (Lipinski definition) is 5. The van der Waals surface area contributed by atoms with E-state index in [2.05, 4.69) is 29.1 Å². The minimum absolute atomic E-state index is 0.0151. The molecule has 1 fully saturated rings. The maximum Gasteiger partial charge on any atom is 0.358 e. The molecule has 0 spiro atoms. The lowest BCUT2D eigenvalue weighted by Crippen LogP contribution is -2.46. The van der Waals surface area contributed by atoms with Gasteiger partial charge in [-0.3, -0.25) is 9.58 Å². The topological polar surface area (TPSA) is 80.5 Å². The Morgan fingerprint density at radius 2 is 2.11 bits per heavy atom. The van der Waals surface area contributed by atoms with Crippen molar-refractivity contribution in [2.75, 3.05) is 19.6 Å². The number of carboxylic acid groups (broad SMARTS) is 1. The molecule has 1 saturated heterocycles. The van der Waals surface area contributed by atoms with Gasteiger partial charge in [-0.15, -0.1) is 5.10 Å². The second-order valence-corrected chi connectivity index (χ2v) is 4.69. The fourth-order valence-corrected chi connectivity index (χ4v) is 2.22. The van der Waals surface area contributed by atoms with Crippen molar-refractivity contribution in [2.24, 2.45) is 0 Å². The van der Waals surface area contributed by atoms with Crippen LogP contribution in [0.25, 0.3) is 0 Å². The first-order valence-electron chi connectivity index (χ1n) is 6.06. The van der Waals surface area contributed by atoms with E-state index in [1.54, 1.807) is 4.68 Å². The van der Waals surface area contributed by atoms with Gasteiger partial charge in [0.05, 0.1) is 24.9 Å². The lowest BCUT2D eigenvalue weighted by molar-refractivity contribution is -0.0687. The summed E-state index contributed by atoms with van der Waals surface area (Å²) in [7, 11) is 0. The molecule has 0 bridgehead atoms. The average molecular weight is 254 g/mol. The number of hydrogen-bond donors (Lipinski definition) is 1. The summed E-state index contributed by atoms with van der Waals surface area (Å²) in [6.45, 7) is 7.36. The summed E-state index contributed by atoms with van der Waals surface area (Å²) < 4.78 is 7.21. The van der Waals surface area contributed by atoms with Crippen LogP contribution in [0.1, 0.15) is 24.3 Å². The Kier molecular flexibility index (Phi) is 3.93. The average Bonchev–Trinajstić information content (AvgIpc) is 2.73. The molecule has 7 nitrogen and oxygen atoms in total. The lowest BCUT2D eigenvalue weighted by atomic mass is 10.2. The van der Waals surface area contributed by atoms with Gasteiger partial charge >= 0.3 is 5.97 Å². The number of nitrogens with zero attached hydrogens (tertiary/aromatic N) is 4. The summed E-state index contributed by atoms with van der Waals surface area (Å²) >= 11 is 0. The van der Waals surface area contributed by atoms with Gasteiger partial charge in [-0.2, -0.15) is 0 Å². The molecule has 1 aliphatic heterocycles. The van der Waals surface area contributed by atoms with E-state index in [1.165, 1.54) is 6.20 Å². The number of rotatable bonds is 4. The second kappa shape index (κ2) is 5.45. The molecule has 1 aliphatic rings. The van der Waals surface area contributed by atoms with Gasteiger partial charge < -0.3 is 9.84 Å². The van der Waals surface area contributed by atoms with E-state index in [0.717, 1.165) is 19.6 Å². The van der Waals surface area contributed by atoms with E-state index in [-0.39, 0.29) is 17.9 Å². The molecule has 2 atom stereocenters. The standard InChI is InChI=1S/C11H18N4O3/c1-8-5-14(6-9(2)18-8)3-4-15-7-10(11(16)17)12-13-15/h7-9H,3-6H2,1-2H3,(H,16,17)/t8-,9+. The zero-order valence-corrected chi connectivity index (χ0v) is 10.6. The van der Waals surface area contributed by atoms with Crippen molar-refractivity contribution >= 4 is 5.97 Å². The summed E-state index contributed by atoms with van der Waals surface area (Å²) in [5.74, 6) is -1.05. The van der Waals surface area contributed by atoms with Crippen LogP contribution >= 0.6 is 0 Å². The van der Waals surface area contributed by atoms with Gasteiger partial charge in [0.2, 0.25) is 0 Å². The minimum atomic E-state index is -1.05. The first-order chi connectivity index (χ1) is 8.54. The van der Waals surface area contributed by atoms with E-state index in [4.69, 9.17) is 9.84 Å². The fraction of sp³-hybridized carbons (Fsp3) is 0.727. The number of carboxylic acids is 1. The van der Waals surface area contributed by atoms with Crippen LogP contribution in [-0.2, 0) is 11.3 Å². The summed E-state index contributed by atoms with van der Waals surface area (Å²) in [6.07, 6.45) is 1.92. The van der Waals surface area contributed by atoms with Crippen molar-refractivity contribution in [3.8, 4) is 0 Å². The van der Waals surface area contributed by atoms with Crippen molar-refractivity contribution in [3.63, 3.8) is 0 Å². The van der Waals surface area contributed by atoms with Gasteiger partial charge in [-0.25, -0.2) is 4.79 Å². The van der Waals surface area contributed by atoms with Crippen LogP contribution < -0.4 is 0 Å². The lowest BCUT2D eigenvalue weighted by Gasteiger charge is -2.35. The SMILES string of the molecule is C[C@@H]1CN(CCn2cc(C(=O)O)nn2)C[C@H](C)O1. The van der Waals surface area contributed by atoms with Crippen LogP contribution in [0.2, 0.25) is 0 Å². The highest BCUT2D eigenvalue weighted by molar-refractivity contribution is 5.84. The Morgan fingerprint density at radius 3 is 2.67 bits per heavy atom. The Bertz CT molecular complexity index is 410. The number of carbonyl (C=O) groups is 1. The minimum Gasteiger partial charge on any atom is -0.476 e. The van der Waals surface area contributed by atoms with Crippen LogP contribution in [-0.4, -0.2) is 62.8 Å². The smallest absolute Gasteiger partial charge is 0.358 e. The Morgan fingerprint density at radius 1 is 1.44 bits per heavy atom. The number of morpholine rings is 1. The van der Waals surface area contributed by atoms with Gasteiger partial charge in [-0.05, 0) is 13.8 Å². The maximum atomic E-state index is 10.7. The molecular formula is C11H18N4O3. The normalized spacial score (nSPS) is 25.2. The van der Waals surface area contributed by atoms with Crippen LogP contribution in [0.15, 0.2) is 6.20 Å². The number of aromatic carboxylic acids is 1. The molecule has 1 aromatic rings. The summed E-state index contributed by atoms with van der Waals surface area (Å²) in [5.41, 5.74) is -0.0151. The monoisotopic (exact) mass is 254 g/mol. The first kappa shape index (κ1) is 13.0. The Labute approximate surface area is 105 Å². The number of aromatic nitrogens is 3. The molecule has 2 rings (SSSR count). The number of ether oxygens (including phenoxy) is 1. The van der Waals surface area contributed by atoms with Gasteiger partial charge in [0, 0.05) is 19.6 Å². The molecule has 7 heteroatoms. The molecule has 0 aromatic carbocycles. The highest BCUT2D eigenvalue weighted by Crippen LogP contribution is 2.10. The molecule has 0 saturated carbocycles. The molecule has 0 amide bonds. The van der Waals surface area contributed by atoms with E-state index in [1.807, 2.05) is 0 Å².